The van der Waals surface area contributed by atoms with Crippen molar-refractivity contribution in [2.24, 2.45) is 5.73 Å². The van der Waals surface area contributed by atoms with Crippen molar-refractivity contribution in [3.05, 3.63) is 35.4 Å². The molecule has 0 bridgehead atoms. The molecular formula is C13H21N3O. The van der Waals surface area contributed by atoms with E-state index in [2.05, 4.69) is 5.32 Å². The molecule has 0 fully saturated rings. The quantitative estimate of drug-likeness (QED) is 0.718. The largest absolute Gasteiger partial charge is 0.342 e. The third-order valence-corrected chi connectivity index (χ3v) is 2.70. The van der Waals surface area contributed by atoms with Gasteiger partial charge in [0.2, 0.25) is 0 Å². The van der Waals surface area contributed by atoms with Gasteiger partial charge in [-0.05, 0) is 37.7 Å². The lowest BCUT2D eigenvalue weighted by atomic mass is 10.1. The van der Waals surface area contributed by atoms with Crippen LogP contribution in [0.1, 0.15) is 22.3 Å². The van der Waals surface area contributed by atoms with Gasteiger partial charge in [0.05, 0.1) is 0 Å². The van der Waals surface area contributed by atoms with Crippen LogP contribution in [0, 0.1) is 0 Å². The highest BCUT2D eigenvalue weighted by Gasteiger charge is 2.10. The van der Waals surface area contributed by atoms with E-state index in [-0.39, 0.29) is 5.91 Å². The van der Waals surface area contributed by atoms with Crippen LogP contribution in [0.3, 0.4) is 0 Å². The first kappa shape index (κ1) is 13.7. The molecule has 1 aromatic carbocycles. The number of nitrogens with two attached hydrogens (primary N) is 1. The standard InChI is InChI=1S/C13H21N3O/c1-15-8-3-9-16(2)13(17)12-6-4-11(10-14)5-7-12/h4-7,15H,3,8-10,14H2,1-2H3. The summed E-state index contributed by atoms with van der Waals surface area (Å²) in [4.78, 5) is 13.8. The molecule has 0 unspecified atom stereocenters. The average molecular weight is 235 g/mol. The maximum absolute atomic E-state index is 12.0. The van der Waals surface area contributed by atoms with E-state index in [1.54, 1.807) is 4.90 Å². The number of rotatable bonds is 6. The lowest BCUT2D eigenvalue weighted by Crippen LogP contribution is -2.29. The predicted molar refractivity (Wildman–Crippen MR) is 69.8 cm³/mol. The maximum atomic E-state index is 12.0. The maximum Gasteiger partial charge on any atom is 0.253 e. The summed E-state index contributed by atoms with van der Waals surface area (Å²) < 4.78 is 0. The van der Waals surface area contributed by atoms with Gasteiger partial charge in [-0.3, -0.25) is 4.79 Å². The highest BCUT2D eigenvalue weighted by atomic mass is 16.2. The van der Waals surface area contributed by atoms with Crippen LogP contribution in [0.2, 0.25) is 0 Å². The van der Waals surface area contributed by atoms with Crippen LogP contribution in [-0.4, -0.2) is 38.0 Å². The smallest absolute Gasteiger partial charge is 0.253 e. The van der Waals surface area contributed by atoms with E-state index in [0.717, 1.165) is 25.1 Å². The van der Waals surface area contributed by atoms with Gasteiger partial charge in [-0.2, -0.15) is 0 Å². The normalized spacial score (nSPS) is 10.3. The first-order valence-electron chi connectivity index (χ1n) is 5.88. The number of carbonyl (C=O) groups is 1. The highest BCUT2D eigenvalue weighted by molar-refractivity contribution is 5.94. The number of benzene rings is 1. The van der Waals surface area contributed by atoms with Crippen LogP contribution in [0.4, 0.5) is 0 Å². The molecule has 4 nitrogen and oxygen atoms in total. The van der Waals surface area contributed by atoms with E-state index < -0.39 is 0 Å². The fourth-order valence-corrected chi connectivity index (χ4v) is 1.60. The average Bonchev–Trinajstić information content (AvgIpc) is 2.38. The second-order valence-corrected chi connectivity index (χ2v) is 4.08. The molecule has 0 heterocycles. The minimum atomic E-state index is 0.0599. The molecule has 0 radical (unpaired) electrons. The van der Waals surface area contributed by atoms with Crippen LogP contribution in [0.25, 0.3) is 0 Å². The Morgan fingerprint density at radius 3 is 2.53 bits per heavy atom. The molecule has 0 atom stereocenters. The Balaban J connectivity index is 2.55. The first-order chi connectivity index (χ1) is 8.19. The van der Waals surface area contributed by atoms with E-state index in [9.17, 15) is 4.79 Å². The lowest BCUT2D eigenvalue weighted by molar-refractivity contribution is 0.0793. The zero-order valence-electron chi connectivity index (χ0n) is 10.6. The van der Waals surface area contributed by atoms with E-state index >= 15 is 0 Å². The van der Waals surface area contributed by atoms with Gasteiger partial charge in [-0.25, -0.2) is 0 Å². The van der Waals surface area contributed by atoms with Gasteiger partial charge in [-0.1, -0.05) is 12.1 Å². The van der Waals surface area contributed by atoms with Crippen molar-refractivity contribution < 1.29 is 4.79 Å². The first-order valence-corrected chi connectivity index (χ1v) is 5.88. The van der Waals surface area contributed by atoms with Gasteiger partial charge >= 0.3 is 0 Å². The zero-order valence-corrected chi connectivity index (χ0v) is 10.6. The topological polar surface area (TPSA) is 58.4 Å². The molecule has 0 aliphatic rings. The van der Waals surface area contributed by atoms with Crippen LogP contribution in [0.5, 0.6) is 0 Å². The second-order valence-electron chi connectivity index (χ2n) is 4.08. The number of nitrogens with one attached hydrogen (secondary N) is 1. The van der Waals surface area contributed by atoms with E-state index in [1.807, 2.05) is 38.4 Å². The Hall–Kier alpha value is -1.39. The van der Waals surface area contributed by atoms with Crippen molar-refractivity contribution in [2.75, 3.05) is 27.2 Å². The van der Waals surface area contributed by atoms with E-state index in [4.69, 9.17) is 5.73 Å². The van der Waals surface area contributed by atoms with E-state index in [0.29, 0.717) is 12.1 Å². The zero-order chi connectivity index (χ0) is 12.7. The number of hydrogen-bond acceptors (Lipinski definition) is 3. The Labute approximate surface area is 103 Å². The Morgan fingerprint density at radius 1 is 1.35 bits per heavy atom. The summed E-state index contributed by atoms with van der Waals surface area (Å²) in [5, 5.41) is 3.06. The molecule has 0 aliphatic carbocycles. The molecule has 0 spiro atoms. The summed E-state index contributed by atoms with van der Waals surface area (Å²) in [6.45, 7) is 2.19. The van der Waals surface area contributed by atoms with Crippen molar-refractivity contribution in [2.45, 2.75) is 13.0 Å². The van der Waals surface area contributed by atoms with Gasteiger partial charge in [0, 0.05) is 25.7 Å². The minimum absolute atomic E-state index is 0.0599. The molecule has 4 heteroatoms. The summed E-state index contributed by atoms with van der Waals surface area (Å²) in [7, 11) is 3.74. The summed E-state index contributed by atoms with van der Waals surface area (Å²) in [6, 6.07) is 7.46. The Morgan fingerprint density at radius 2 is 2.00 bits per heavy atom. The fourth-order valence-electron chi connectivity index (χ4n) is 1.60. The van der Waals surface area contributed by atoms with Crippen molar-refractivity contribution in [3.63, 3.8) is 0 Å². The summed E-state index contributed by atoms with van der Waals surface area (Å²) >= 11 is 0. The monoisotopic (exact) mass is 235 g/mol. The third-order valence-electron chi connectivity index (χ3n) is 2.70. The predicted octanol–water partition coefficient (Wildman–Crippen LogP) is 0.827. The summed E-state index contributed by atoms with van der Waals surface area (Å²) in [5.41, 5.74) is 7.27. The van der Waals surface area contributed by atoms with Crippen molar-refractivity contribution in [3.8, 4) is 0 Å². The van der Waals surface area contributed by atoms with E-state index in [1.165, 1.54) is 0 Å². The molecule has 0 saturated carbocycles. The van der Waals surface area contributed by atoms with Gasteiger partial charge in [0.15, 0.2) is 0 Å². The molecule has 0 aliphatic heterocycles. The number of carbonyl (C=O) groups excluding carboxylic acids is 1. The van der Waals surface area contributed by atoms with Crippen LogP contribution in [0.15, 0.2) is 24.3 Å². The molecule has 0 aromatic heterocycles. The van der Waals surface area contributed by atoms with Gasteiger partial charge in [-0.15, -0.1) is 0 Å². The van der Waals surface area contributed by atoms with Crippen molar-refractivity contribution >= 4 is 5.91 Å². The molecule has 94 valence electrons. The highest BCUT2D eigenvalue weighted by Crippen LogP contribution is 2.06. The molecule has 0 saturated heterocycles. The lowest BCUT2D eigenvalue weighted by Gasteiger charge is -2.17. The fraction of sp³-hybridized carbons (Fsp3) is 0.462. The van der Waals surface area contributed by atoms with Crippen LogP contribution in [-0.2, 0) is 6.54 Å². The second kappa shape index (κ2) is 7.04. The Bertz CT molecular complexity index is 348. The number of hydrogen-bond donors (Lipinski definition) is 2. The van der Waals surface area contributed by atoms with Crippen molar-refractivity contribution in [1.29, 1.82) is 0 Å². The minimum Gasteiger partial charge on any atom is -0.342 e. The molecule has 1 aromatic rings. The van der Waals surface area contributed by atoms with Gasteiger partial charge < -0.3 is 16.0 Å². The molecule has 17 heavy (non-hydrogen) atoms. The number of nitrogens with zero attached hydrogens (tertiary/aromatic N) is 1. The SMILES string of the molecule is CNCCCN(C)C(=O)c1ccc(CN)cc1. The summed E-state index contributed by atoms with van der Waals surface area (Å²) in [6.07, 6.45) is 0.958. The van der Waals surface area contributed by atoms with Crippen molar-refractivity contribution in [1.82, 2.24) is 10.2 Å². The van der Waals surface area contributed by atoms with Crippen LogP contribution >= 0.6 is 0 Å². The number of amides is 1. The molecule has 3 N–H and O–H groups in total. The van der Waals surface area contributed by atoms with Gasteiger partial charge in [0.25, 0.3) is 5.91 Å². The summed E-state index contributed by atoms with van der Waals surface area (Å²) in [5.74, 6) is 0.0599. The van der Waals surface area contributed by atoms with Gasteiger partial charge in [0.1, 0.15) is 0 Å². The van der Waals surface area contributed by atoms with Crippen LogP contribution < -0.4 is 11.1 Å². The molecule has 1 rings (SSSR count). The Kier molecular flexibility index (Phi) is 5.66. The third kappa shape index (κ3) is 4.17. The molecular weight excluding hydrogens is 214 g/mol. The molecule has 1 amide bonds.